The van der Waals surface area contributed by atoms with Crippen molar-refractivity contribution >= 4 is 17.6 Å². The Morgan fingerprint density at radius 2 is 2.38 bits per heavy atom. The van der Waals surface area contributed by atoms with Gasteiger partial charge in [0.25, 0.3) is 0 Å². The van der Waals surface area contributed by atoms with Crippen molar-refractivity contribution in [2.24, 2.45) is 0 Å². The molecule has 0 saturated heterocycles. The Morgan fingerprint density at radius 3 is 2.88 bits per heavy atom. The summed E-state index contributed by atoms with van der Waals surface area (Å²) in [6.45, 7) is 2.21. The Balaban J connectivity index is 0.00000128. The van der Waals surface area contributed by atoms with Gasteiger partial charge in [-0.1, -0.05) is 17.7 Å². The van der Waals surface area contributed by atoms with Gasteiger partial charge < -0.3 is 6.16 Å². The number of hydrogen-bond acceptors (Lipinski definition) is 3. The summed E-state index contributed by atoms with van der Waals surface area (Å²) in [5.74, 6) is -0.181. The largest absolute Gasteiger partial charge is 1.00 e. The van der Waals surface area contributed by atoms with Gasteiger partial charge in [-0.3, -0.25) is 4.79 Å². The van der Waals surface area contributed by atoms with Gasteiger partial charge in [0.05, 0.1) is 12.0 Å². The number of pyridine rings is 1. The molecule has 2 rings (SSSR count). The third-order valence-corrected chi connectivity index (χ3v) is 2.99. The molecule has 1 aliphatic rings. The van der Waals surface area contributed by atoms with Crippen LogP contribution in [0.25, 0.3) is 0 Å². The predicted octanol–water partition coefficient (Wildman–Crippen LogP) is -0.554. The zero-order chi connectivity index (χ0) is 10.9. The molecule has 3 nitrogen and oxygen atoms in total. The zero-order valence-corrected chi connectivity index (χ0v) is 12.3. The zero-order valence-electron chi connectivity index (χ0n) is 10.5. The molecule has 0 amide bonds. The first kappa shape index (κ1) is 14.0. The van der Waals surface area contributed by atoms with Crippen LogP contribution in [0.2, 0.25) is 5.15 Å². The van der Waals surface area contributed by atoms with E-state index in [4.69, 9.17) is 16.3 Å². The van der Waals surface area contributed by atoms with E-state index in [9.17, 15) is 4.79 Å². The van der Waals surface area contributed by atoms with Gasteiger partial charge in [-0.15, -0.1) is 0 Å². The topological polar surface area (TPSA) is 39.2 Å². The first-order valence-electron chi connectivity index (χ1n) is 4.99. The van der Waals surface area contributed by atoms with Crippen LogP contribution in [-0.2, 0) is 14.9 Å². The minimum absolute atomic E-state index is 0. The molecule has 1 aliphatic carbocycles. The van der Waals surface area contributed by atoms with Crippen LogP contribution in [-0.4, -0.2) is 17.6 Å². The Labute approximate surface area is 123 Å². The summed E-state index contributed by atoms with van der Waals surface area (Å²) in [5.41, 5.74) is 0.284. The van der Waals surface area contributed by atoms with Crippen molar-refractivity contribution in [2.75, 3.05) is 6.61 Å². The van der Waals surface area contributed by atoms with Crippen LogP contribution in [0.15, 0.2) is 18.3 Å². The number of halogens is 1. The van der Waals surface area contributed by atoms with Crippen LogP contribution in [0.1, 0.15) is 26.8 Å². The minimum Gasteiger partial charge on any atom is -1.00 e. The average molecular weight is 250 g/mol. The molecule has 0 N–H and O–H groups in total. The summed E-state index contributed by atoms with van der Waals surface area (Å²) in [4.78, 5) is 15.8. The number of carbonyl (C=O) groups excluding carboxylic acids is 1. The molecule has 0 radical (unpaired) electrons. The summed E-state index contributed by atoms with van der Waals surface area (Å²) in [6.07, 6.45) is 3.22. The molecule has 82 valence electrons. The molecule has 1 heterocycles. The van der Waals surface area contributed by atoms with E-state index in [1.165, 1.54) is 0 Å². The quantitative estimate of drug-likeness (QED) is 0.410. The second-order valence-corrected chi connectivity index (χ2v) is 4.00. The molecule has 0 aromatic carbocycles. The number of aromatic nitrogens is 1. The predicted molar refractivity (Wildman–Crippen MR) is 57.9 cm³/mol. The molecule has 0 aliphatic heterocycles. The van der Waals surface area contributed by atoms with Gasteiger partial charge in [0, 0.05) is 11.8 Å². The Hall–Kier alpha value is -0.0900. The van der Waals surface area contributed by atoms with E-state index < -0.39 is 5.41 Å². The van der Waals surface area contributed by atoms with Crippen molar-refractivity contribution < 1.29 is 40.5 Å². The molecule has 1 fully saturated rings. The Morgan fingerprint density at radius 1 is 1.69 bits per heavy atom. The summed E-state index contributed by atoms with van der Waals surface area (Å²) < 4.78 is 5.05. The Kier molecular flexibility index (Phi) is 4.80. The van der Waals surface area contributed by atoms with Crippen molar-refractivity contribution in [3.05, 3.63) is 29.0 Å². The van der Waals surface area contributed by atoms with Crippen molar-refractivity contribution in [3.8, 4) is 0 Å². The standard InChI is InChI=1S/C11H12ClNO2.Na.H/c1-2-15-10(14)11(5-6-11)8-4-3-7-13-9(8)12;;/h3-4,7H,2,5-6H2,1H3;;/q;+1;-1. The number of esters is 1. The van der Waals surface area contributed by atoms with Crippen molar-refractivity contribution in [1.29, 1.82) is 0 Å². The number of rotatable bonds is 3. The van der Waals surface area contributed by atoms with E-state index >= 15 is 0 Å². The summed E-state index contributed by atoms with van der Waals surface area (Å²) in [5, 5.41) is 0.406. The van der Waals surface area contributed by atoms with E-state index in [0.29, 0.717) is 11.8 Å². The first-order chi connectivity index (χ1) is 7.20. The second-order valence-electron chi connectivity index (χ2n) is 3.64. The molecule has 1 saturated carbocycles. The van der Waals surface area contributed by atoms with Gasteiger partial charge in [0.15, 0.2) is 0 Å². The fourth-order valence-electron chi connectivity index (χ4n) is 1.72. The van der Waals surface area contributed by atoms with E-state index in [-0.39, 0.29) is 37.0 Å². The monoisotopic (exact) mass is 249 g/mol. The smallest absolute Gasteiger partial charge is 1.00 e. The van der Waals surface area contributed by atoms with Gasteiger partial charge in [-0.2, -0.15) is 0 Å². The third-order valence-electron chi connectivity index (χ3n) is 2.69. The maximum Gasteiger partial charge on any atom is 1.00 e. The number of carbonyl (C=O) groups is 1. The number of nitrogens with zero attached hydrogens (tertiary/aromatic N) is 1. The molecule has 0 unspecified atom stereocenters. The Bertz CT molecular complexity index is 399. The number of hydrogen-bond donors (Lipinski definition) is 0. The van der Waals surface area contributed by atoms with E-state index in [1.54, 1.807) is 19.2 Å². The van der Waals surface area contributed by atoms with Crippen LogP contribution in [0.5, 0.6) is 0 Å². The van der Waals surface area contributed by atoms with Gasteiger partial charge in [0.1, 0.15) is 5.15 Å². The fourth-order valence-corrected chi connectivity index (χ4v) is 2.02. The van der Waals surface area contributed by atoms with Gasteiger partial charge in [-0.25, -0.2) is 4.98 Å². The molecule has 1 aromatic rings. The molecule has 0 bridgehead atoms. The van der Waals surface area contributed by atoms with Gasteiger partial charge >= 0.3 is 35.5 Å². The summed E-state index contributed by atoms with van der Waals surface area (Å²) in [7, 11) is 0. The van der Waals surface area contributed by atoms with E-state index in [1.807, 2.05) is 6.07 Å². The molecule has 1 aromatic heterocycles. The van der Waals surface area contributed by atoms with Crippen LogP contribution in [0, 0.1) is 0 Å². The van der Waals surface area contributed by atoms with Crippen LogP contribution in [0.4, 0.5) is 0 Å². The van der Waals surface area contributed by atoms with Crippen LogP contribution >= 0.6 is 11.6 Å². The first-order valence-corrected chi connectivity index (χ1v) is 5.37. The number of ether oxygens (including phenoxy) is 1. The fraction of sp³-hybridized carbons (Fsp3) is 0.455. The average Bonchev–Trinajstić information content (AvgIpc) is 3.00. The van der Waals surface area contributed by atoms with Crippen LogP contribution in [0.3, 0.4) is 0 Å². The molecule has 0 spiro atoms. The summed E-state index contributed by atoms with van der Waals surface area (Å²) >= 11 is 5.97. The van der Waals surface area contributed by atoms with Crippen LogP contribution < -0.4 is 29.6 Å². The SMILES string of the molecule is CCOC(=O)C1(c2cccnc2Cl)CC1.[H-].[Na+]. The third kappa shape index (κ3) is 2.43. The van der Waals surface area contributed by atoms with Gasteiger partial charge in [-0.05, 0) is 25.8 Å². The normalized spacial score (nSPS) is 16.1. The molecular weight excluding hydrogens is 237 g/mol. The minimum atomic E-state index is -0.513. The maximum atomic E-state index is 11.8. The van der Waals surface area contributed by atoms with Crippen molar-refractivity contribution in [2.45, 2.75) is 25.2 Å². The molecule has 16 heavy (non-hydrogen) atoms. The maximum absolute atomic E-state index is 11.8. The van der Waals surface area contributed by atoms with Crippen molar-refractivity contribution in [1.82, 2.24) is 4.98 Å². The van der Waals surface area contributed by atoms with Crippen molar-refractivity contribution in [3.63, 3.8) is 0 Å². The molecule has 0 atom stereocenters. The van der Waals surface area contributed by atoms with E-state index in [0.717, 1.165) is 18.4 Å². The van der Waals surface area contributed by atoms with E-state index in [2.05, 4.69) is 4.98 Å². The molecular formula is C11H13ClNNaO2. The molecule has 5 heteroatoms. The second kappa shape index (κ2) is 5.50. The van der Waals surface area contributed by atoms with Gasteiger partial charge in [0.2, 0.25) is 0 Å². The summed E-state index contributed by atoms with van der Waals surface area (Å²) in [6, 6.07) is 3.64.